The minimum atomic E-state index is -0.233. The predicted molar refractivity (Wildman–Crippen MR) is 72.1 cm³/mol. The van der Waals surface area contributed by atoms with Gasteiger partial charge in [-0.15, -0.1) is 0 Å². The van der Waals surface area contributed by atoms with E-state index in [4.69, 9.17) is 5.26 Å². The first-order valence-electron chi connectivity index (χ1n) is 5.97. The molecule has 1 aliphatic carbocycles. The topological polar surface area (TPSA) is 61.2 Å². The molecule has 96 valence electrons. The molecule has 3 rings (SSSR count). The van der Waals surface area contributed by atoms with E-state index >= 15 is 0 Å². The van der Waals surface area contributed by atoms with Gasteiger partial charge in [-0.2, -0.15) is 5.26 Å². The van der Waals surface area contributed by atoms with Crippen LogP contribution in [-0.2, 0) is 9.59 Å². The van der Waals surface area contributed by atoms with Crippen LogP contribution in [0, 0.1) is 28.6 Å². The molecule has 0 N–H and O–H groups in total. The molecule has 2 unspecified atom stereocenters. The van der Waals surface area contributed by atoms with Gasteiger partial charge in [-0.05, 0) is 23.6 Å². The lowest BCUT2D eigenvalue weighted by Crippen LogP contribution is -2.36. The zero-order chi connectivity index (χ0) is 13.9. The number of hydrogen-bond acceptors (Lipinski definition) is 3. The lowest BCUT2D eigenvalue weighted by atomic mass is 10.0. The Bertz CT molecular complexity index is 636. The Balaban J connectivity index is 2.07. The fourth-order valence-corrected chi connectivity index (χ4v) is 3.32. The SMILES string of the molecule is CC1(C)C2C(=O)N(c3cc(Br)ccc3C#N)C(=O)C21. The minimum Gasteiger partial charge on any atom is -0.274 e. The third-order valence-electron chi connectivity index (χ3n) is 4.12. The fourth-order valence-electron chi connectivity index (χ4n) is 2.97. The molecule has 2 fully saturated rings. The number of carbonyl (C=O) groups is 2. The maximum Gasteiger partial charge on any atom is 0.238 e. The summed E-state index contributed by atoms with van der Waals surface area (Å²) in [6.45, 7) is 3.86. The van der Waals surface area contributed by atoms with Gasteiger partial charge >= 0.3 is 0 Å². The van der Waals surface area contributed by atoms with Gasteiger partial charge in [0.1, 0.15) is 6.07 Å². The van der Waals surface area contributed by atoms with Gasteiger partial charge in [0, 0.05) is 4.47 Å². The predicted octanol–water partition coefficient (Wildman–Crippen LogP) is 2.47. The van der Waals surface area contributed by atoms with Gasteiger partial charge in [-0.3, -0.25) is 9.59 Å². The molecule has 19 heavy (non-hydrogen) atoms. The Morgan fingerprint density at radius 1 is 1.26 bits per heavy atom. The molecule has 1 saturated carbocycles. The van der Waals surface area contributed by atoms with Crippen molar-refractivity contribution < 1.29 is 9.59 Å². The number of rotatable bonds is 1. The summed E-state index contributed by atoms with van der Waals surface area (Å²) in [4.78, 5) is 25.8. The van der Waals surface area contributed by atoms with E-state index in [0.29, 0.717) is 11.3 Å². The van der Waals surface area contributed by atoms with E-state index < -0.39 is 0 Å². The summed E-state index contributed by atoms with van der Waals surface area (Å²) < 4.78 is 0.738. The summed E-state index contributed by atoms with van der Waals surface area (Å²) in [5, 5.41) is 9.11. The number of nitriles is 1. The smallest absolute Gasteiger partial charge is 0.238 e. The van der Waals surface area contributed by atoms with E-state index in [9.17, 15) is 9.59 Å². The lowest BCUT2D eigenvalue weighted by Gasteiger charge is -2.21. The van der Waals surface area contributed by atoms with Crippen molar-refractivity contribution in [2.24, 2.45) is 17.3 Å². The molecule has 1 heterocycles. The van der Waals surface area contributed by atoms with Crippen LogP contribution in [0.2, 0.25) is 0 Å². The molecule has 1 saturated heterocycles. The first kappa shape index (κ1) is 12.4. The van der Waals surface area contributed by atoms with Crippen LogP contribution in [-0.4, -0.2) is 11.8 Å². The maximum absolute atomic E-state index is 12.3. The van der Waals surface area contributed by atoms with Crippen molar-refractivity contribution in [2.75, 3.05) is 4.90 Å². The Morgan fingerprint density at radius 2 is 1.84 bits per heavy atom. The number of carbonyl (C=O) groups excluding carboxylic acids is 2. The van der Waals surface area contributed by atoms with Crippen molar-refractivity contribution in [3.63, 3.8) is 0 Å². The van der Waals surface area contributed by atoms with E-state index in [0.717, 1.165) is 4.47 Å². The van der Waals surface area contributed by atoms with Crippen LogP contribution < -0.4 is 4.90 Å². The molecule has 5 heteroatoms. The van der Waals surface area contributed by atoms with Crippen molar-refractivity contribution in [1.82, 2.24) is 0 Å². The van der Waals surface area contributed by atoms with E-state index in [2.05, 4.69) is 15.9 Å². The van der Waals surface area contributed by atoms with Crippen molar-refractivity contribution in [3.05, 3.63) is 28.2 Å². The number of anilines is 1. The van der Waals surface area contributed by atoms with E-state index in [-0.39, 0.29) is 29.1 Å². The highest BCUT2D eigenvalue weighted by Gasteiger charge is 2.72. The molecule has 0 bridgehead atoms. The summed E-state index contributed by atoms with van der Waals surface area (Å²) in [7, 11) is 0. The van der Waals surface area contributed by atoms with Crippen LogP contribution >= 0.6 is 15.9 Å². The second-order valence-electron chi connectivity index (χ2n) is 5.56. The molecule has 1 aromatic rings. The molecule has 2 aliphatic rings. The van der Waals surface area contributed by atoms with Gasteiger partial charge in [0.05, 0.1) is 23.1 Å². The Kier molecular flexibility index (Phi) is 2.39. The van der Waals surface area contributed by atoms with Gasteiger partial charge < -0.3 is 0 Å². The van der Waals surface area contributed by atoms with Crippen LogP contribution in [0.4, 0.5) is 5.69 Å². The second kappa shape index (κ2) is 3.67. The molecular formula is C14H11BrN2O2. The van der Waals surface area contributed by atoms with Crippen molar-refractivity contribution in [3.8, 4) is 6.07 Å². The lowest BCUT2D eigenvalue weighted by molar-refractivity contribution is -0.125. The zero-order valence-corrected chi connectivity index (χ0v) is 12.1. The minimum absolute atomic E-state index is 0.186. The monoisotopic (exact) mass is 318 g/mol. The van der Waals surface area contributed by atoms with Gasteiger partial charge in [0.15, 0.2) is 0 Å². The molecule has 0 aromatic heterocycles. The van der Waals surface area contributed by atoms with Gasteiger partial charge in [-0.1, -0.05) is 29.8 Å². The van der Waals surface area contributed by atoms with Crippen molar-refractivity contribution in [1.29, 1.82) is 5.26 Å². The van der Waals surface area contributed by atoms with Gasteiger partial charge in [0.25, 0.3) is 0 Å². The normalized spacial score (nSPS) is 27.2. The number of imide groups is 1. The molecule has 2 atom stereocenters. The van der Waals surface area contributed by atoms with Crippen LogP contribution in [0.5, 0.6) is 0 Å². The molecule has 0 radical (unpaired) electrons. The molecule has 1 aliphatic heterocycles. The zero-order valence-electron chi connectivity index (χ0n) is 10.5. The standard InChI is InChI=1S/C14H11BrN2O2/c1-14(2)10-11(14)13(19)17(12(10)18)9-5-8(15)4-3-7(9)6-16/h3-5,10-11H,1-2H3. The van der Waals surface area contributed by atoms with Crippen molar-refractivity contribution in [2.45, 2.75) is 13.8 Å². The largest absolute Gasteiger partial charge is 0.274 e. The van der Waals surface area contributed by atoms with Crippen molar-refractivity contribution >= 4 is 33.4 Å². The number of nitrogens with zero attached hydrogens (tertiary/aromatic N) is 2. The number of amides is 2. The highest BCUT2D eigenvalue weighted by Crippen LogP contribution is 2.63. The van der Waals surface area contributed by atoms with Crippen LogP contribution in [0.3, 0.4) is 0 Å². The van der Waals surface area contributed by atoms with Crippen LogP contribution in [0.25, 0.3) is 0 Å². The fraction of sp³-hybridized carbons (Fsp3) is 0.357. The quantitative estimate of drug-likeness (QED) is 0.747. The summed E-state index contributed by atoms with van der Waals surface area (Å²) in [5.74, 6) is -0.833. The summed E-state index contributed by atoms with van der Waals surface area (Å²) in [6.07, 6.45) is 0. The average molecular weight is 319 g/mol. The van der Waals surface area contributed by atoms with E-state index in [1.807, 2.05) is 19.9 Å². The third kappa shape index (κ3) is 1.50. The first-order valence-corrected chi connectivity index (χ1v) is 6.76. The van der Waals surface area contributed by atoms with Crippen LogP contribution in [0.1, 0.15) is 19.4 Å². The molecule has 1 aromatic carbocycles. The third-order valence-corrected chi connectivity index (χ3v) is 4.61. The Hall–Kier alpha value is -1.67. The summed E-state index contributed by atoms with van der Waals surface area (Å²) in [6, 6.07) is 7.00. The highest BCUT2D eigenvalue weighted by molar-refractivity contribution is 9.10. The second-order valence-corrected chi connectivity index (χ2v) is 6.48. The molecule has 2 amide bonds. The van der Waals surface area contributed by atoms with Crippen LogP contribution in [0.15, 0.2) is 22.7 Å². The maximum atomic E-state index is 12.3. The van der Waals surface area contributed by atoms with E-state index in [1.54, 1.807) is 18.2 Å². The number of hydrogen-bond donors (Lipinski definition) is 0. The van der Waals surface area contributed by atoms with Gasteiger partial charge in [-0.25, -0.2) is 4.90 Å². The average Bonchev–Trinajstić information content (AvgIpc) is 2.80. The molecule has 0 spiro atoms. The van der Waals surface area contributed by atoms with E-state index in [1.165, 1.54) is 4.90 Å². The summed E-state index contributed by atoms with van der Waals surface area (Å²) >= 11 is 3.30. The Labute approximate surface area is 119 Å². The Morgan fingerprint density at radius 3 is 2.37 bits per heavy atom. The number of halogens is 1. The molecule has 4 nitrogen and oxygen atoms in total. The molecular weight excluding hydrogens is 308 g/mol. The highest BCUT2D eigenvalue weighted by atomic mass is 79.9. The van der Waals surface area contributed by atoms with Gasteiger partial charge in [0.2, 0.25) is 11.8 Å². The number of piperidine rings is 1. The number of benzene rings is 1. The number of fused-ring (bicyclic) bond motifs is 1. The summed E-state index contributed by atoms with van der Waals surface area (Å²) in [5.41, 5.74) is 0.489. The first-order chi connectivity index (χ1) is 8.89.